The summed E-state index contributed by atoms with van der Waals surface area (Å²) in [5.74, 6) is 0. The Morgan fingerprint density at radius 1 is 1.19 bits per heavy atom. The molecule has 1 nitrogen and oxygen atoms in total. The number of benzene rings is 1. The quantitative estimate of drug-likeness (QED) is 0.848. The maximum atomic E-state index is 3.20. The van der Waals surface area contributed by atoms with Gasteiger partial charge in [0.2, 0.25) is 0 Å². The molecule has 0 saturated carbocycles. The molecule has 0 saturated heterocycles. The Morgan fingerprint density at radius 3 is 2.69 bits per heavy atom. The van der Waals surface area contributed by atoms with Gasteiger partial charge in [0, 0.05) is 16.3 Å². The van der Waals surface area contributed by atoms with E-state index < -0.39 is 0 Å². The monoisotopic (exact) mass is 231 g/mol. The van der Waals surface area contributed by atoms with Crippen molar-refractivity contribution >= 4 is 11.3 Å². The SMILES string of the molecule is CNCc1cc(C)c(-c2cccc(C)c2)s1. The second-order valence-electron chi connectivity index (χ2n) is 4.12. The van der Waals surface area contributed by atoms with Crippen LogP contribution in [0, 0.1) is 13.8 Å². The molecule has 0 atom stereocenters. The third-order valence-electron chi connectivity index (χ3n) is 2.60. The van der Waals surface area contributed by atoms with E-state index in [-0.39, 0.29) is 0 Å². The lowest BCUT2D eigenvalue weighted by Crippen LogP contribution is -2.02. The van der Waals surface area contributed by atoms with Crippen molar-refractivity contribution in [3.8, 4) is 10.4 Å². The van der Waals surface area contributed by atoms with E-state index in [2.05, 4.69) is 49.5 Å². The lowest BCUT2D eigenvalue weighted by atomic mass is 10.1. The van der Waals surface area contributed by atoms with Crippen LogP contribution in [0.3, 0.4) is 0 Å². The first kappa shape index (κ1) is 11.4. The van der Waals surface area contributed by atoms with Crippen molar-refractivity contribution in [3.05, 3.63) is 46.3 Å². The highest BCUT2D eigenvalue weighted by molar-refractivity contribution is 7.15. The number of nitrogens with one attached hydrogen (secondary N) is 1. The van der Waals surface area contributed by atoms with Gasteiger partial charge in [-0.3, -0.25) is 0 Å². The molecule has 0 aliphatic heterocycles. The van der Waals surface area contributed by atoms with Crippen LogP contribution in [0.15, 0.2) is 30.3 Å². The van der Waals surface area contributed by atoms with Gasteiger partial charge in [-0.1, -0.05) is 29.8 Å². The second-order valence-corrected chi connectivity index (χ2v) is 5.26. The fourth-order valence-corrected chi connectivity index (χ4v) is 3.06. The standard InChI is InChI=1S/C14H17NS/c1-10-5-4-6-12(7-10)14-11(2)8-13(16-14)9-15-3/h4-8,15H,9H2,1-3H3. The maximum Gasteiger partial charge on any atom is 0.0375 e. The van der Waals surface area contributed by atoms with Crippen LogP contribution >= 0.6 is 11.3 Å². The van der Waals surface area contributed by atoms with Crippen molar-refractivity contribution in [1.82, 2.24) is 5.32 Å². The molecule has 0 aliphatic carbocycles. The number of rotatable bonds is 3. The minimum absolute atomic E-state index is 0.956. The van der Waals surface area contributed by atoms with E-state index >= 15 is 0 Å². The van der Waals surface area contributed by atoms with Gasteiger partial charge in [0.1, 0.15) is 0 Å². The summed E-state index contributed by atoms with van der Waals surface area (Å²) in [5, 5.41) is 3.20. The zero-order chi connectivity index (χ0) is 11.5. The van der Waals surface area contributed by atoms with Crippen LogP contribution in [0.1, 0.15) is 16.0 Å². The van der Waals surface area contributed by atoms with Gasteiger partial charge < -0.3 is 5.32 Å². The number of hydrogen-bond donors (Lipinski definition) is 1. The molecule has 0 unspecified atom stereocenters. The molecule has 2 rings (SSSR count). The van der Waals surface area contributed by atoms with Gasteiger partial charge in [0.25, 0.3) is 0 Å². The van der Waals surface area contributed by atoms with Crippen molar-refractivity contribution < 1.29 is 0 Å². The van der Waals surface area contributed by atoms with Crippen LogP contribution < -0.4 is 5.32 Å². The normalized spacial score (nSPS) is 10.7. The van der Waals surface area contributed by atoms with Gasteiger partial charge in [-0.25, -0.2) is 0 Å². The minimum Gasteiger partial charge on any atom is -0.315 e. The van der Waals surface area contributed by atoms with Crippen molar-refractivity contribution in [1.29, 1.82) is 0 Å². The van der Waals surface area contributed by atoms with Gasteiger partial charge >= 0.3 is 0 Å². The highest BCUT2D eigenvalue weighted by atomic mass is 32.1. The van der Waals surface area contributed by atoms with Crippen molar-refractivity contribution in [2.24, 2.45) is 0 Å². The van der Waals surface area contributed by atoms with Gasteiger partial charge in [-0.15, -0.1) is 11.3 Å². The maximum absolute atomic E-state index is 3.20. The summed E-state index contributed by atoms with van der Waals surface area (Å²) in [6.45, 7) is 5.28. The molecule has 2 aromatic rings. The van der Waals surface area contributed by atoms with E-state index in [0.29, 0.717) is 0 Å². The van der Waals surface area contributed by atoms with Gasteiger partial charge in [-0.05, 0) is 38.1 Å². The molecular formula is C14H17NS. The summed E-state index contributed by atoms with van der Waals surface area (Å²) in [5.41, 5.74) is 4.03. The molecule has 0 bridgehead atoms. The van der Waals surface area contributed by atoms with Crippen LogP contribution in [0.5, 0.6) is 0 Å². The highest BCUT2D eigenvalue weighted by Gasteiger charge is 2.07. The Balaban J connectivity index is 2.40. The molecule has 1 heterocycles. The Bertz CT molecular complexity index is 485. The van der Waals surface area contributed by atoms with Crippen molar-refractivity contribution in [2.75, 3.05) is 7.05 Å². The van der Waals surface area contributed by atoms with E-state index in [4.69, 9.17) is 0 Å². The Morgan fingerprint density at radius 2 is 2.00 bits per heavy atom. The summed E-state index contributed by atoms with van der Waals surface area (Å²) in [4.78, 5) is 2.80. The van der Waals surface area contributed by atoms with E-state index in [9.17, 15) is 0 Å². The summed E-state index contributed by atoms with van der Waals surface area (Å²) in [7, 11) is 1.99. The first-order valence-electron chi connectivity index (χ1n) is 5.51. The second kappa shape index (κ2) is 4.81. The minimum atomic E-state index is 0.956. The molecular weight excluding hydrogens is 214 g/mol. The average Bonchev–Trinajstić information content (AvgIpc) is 2.60. The Hall–Kier alpha value is -1.12. The van der Waals surface area contributed by atoms with Crippen molar-refractivity contribution in [2.45, 2.75) is 20.4 Å². The summed E-state index contributed by atoms with van der Waals surface area (Å²) in [6, 6.07) is 11.0. The molecule has 0 aliphatic rings. The Labute approximate surface area is 101 Å². The predicted octanol–water partition coefficient (Wildman–Crippen LogP) is 3.75. The largest absolute Gasteiger partial charge is 0.315 e. The fourth-order valence-electron chi connectivity index (χ4n) is 1.88. The van der Waals surface area contributed by atoms with E-state index in [0.717, 1.165) is 6.54 Å². The fraction of sp³-hybridized carbons (Fsp3) is 0.286. The summed E-state index contributed by atoms with van der Waals surface area (Å²) >= 11 is 1.88. The average molecular weight is 231 g/mol. The topological polar surface area (TPSA) is 12.0 Å². The lowest BCUT2D eigenvalue weighted by Gasteiger charge is -2.00. The molecule has 1 N–H and O–H groups in total. The van der Waals surface area contributed by atoms with E-state index in [1.165, 1.54) is 26.4 Å². The molecule has 16 heavy (non-hydrogen) atoms. The predicted molar refractivity (Wildman–Crippen MR) is 72.0 cm³/mol. The molecule has 2 heteroatoms. The molecule has 0 spiro atoms. The molecule has 0 radical (unpaired) electrons. The molecule has 1 aromatic carbocycles. The molecule has 1 aromatic heterocycles. The van der Waals surface area contributed by atoms with Crippen molar-refractivity contribution in [3.63, 3.8) is 0 Å². The van der Waals surface area contributed by atoms with Gasteiger partial charge in [0.15, 0.2) is 0 Å². The number of thiophene rings is 1. The Kier molecular flexibility index (Phi) is 3.42. The first-order chi connectivity index (χ1) is 7.70. The van der Waals surface area contributed by atoms with E-state index in [1.807, 2.05) is 18.4 Å². The van der Waals surface area contributed by atoms with Crippen LogP contribution in [0.4, 0.5) is 0 Å². The third-order valence-corrected chi connectivity index (χ3v) is 3.89. The highest BCUT2D eigenvalue weighted by Crippen LogP contribution is 2.32. The number of hydrogen-bond acceptors (Lipinski definition) is 2. The zero-order valence-electron chi connectivity index (χ0n) is 10.0. The molecule has 84 valence electrons. The summed E-state index contributed by atoms with van der Waals surface area (Å²) < 4.78 is 0. The smallest absolute Gasteiger partial charge is 0.0375 e. The third kappa shape index (κ3) is 2.34. The van der Waals surface area contributed by atoms with Crippen LogP contribution in [0.2, 0.25) is 0 Å². The lowest BCUT2D eigenvalue weighted by molar-refractivity contribution is 0.831. The summed E-state index contributed by atoms with van der Waals surface area (Å²) in [6.07, 6.45) is 0. The van der Waals surface area contributed by atoms with Gasteiger partial charge in [-0.2, -0.15) is 0 Å². The zero-order valence-corrected chi connectivity index (χ0v) is 10.8. The van der Waals surface area contributed by atoms with Gasteiger partial charge in [0.05, 0.1) is 0 Å². The molecule has 0 amide bonds. The van der Waals surface area contributed by atoms with Crippen LogP contribution in [-0.4, -0.2) is 7.05 Å². The van der Waals surface area contributed by atoms with E-state index in [1.54, 1.807) is 0 Å². The van der Waals surface area contributed by atoms with Crippen LogP contribution in [0.25, 0.3) is 10.4 Å². The molecule has 0 fully saturated rings. The first-order valence-corrected chi connectivity index (χ1v) is 6.33. The number of aryl methyl sites for hydroxylation is 2. The van der Waals surface area contributed by atoms with Crippen LogP contribution in [-0.2, 0) is 6.54 Å².